The summed E-state index contributed by atoms with van der Waals surface area (Å²) in [6.45, 7) is 5.91. The Morgan fingerprint density at radius 3 is 2.52 bits per heavy atom. The van der Waals surface area contributed by atoms with Crippen LogP contribution in [-0.4, -0.2) is 50.6 Å². The van der Waals surface area contributed by atoms with Gasteiger partial charge in [0.1, 0.15) is 0 Å². The number of hydrogen-bond donors (Lipinski definition) is 4. The summed E-state index contributed by atoms with van der Waals surface area (Å²) in [4.78, 5) is 24.2. The van der Waals surface area contributed by atoms with E-state index in [0.717, 1.165) is 37.8 Å². The molecule has 2 aliphatic carbocycles. The molecule has 0 aromatic heterocycles. The first-order valence-corrected chi connectivity index (χ1v) is 15.3. The Hall–Kier alpha value is -3.42. The number of carbonyl (C=O) groups excluding carboxylic acids is 2. The monoisotopic (exact) mass is 572 g/mol. The van der Waals surface area contributed by atoms with Crippen LogP contribution in [0.3, 0.4) is 0 Å². The van der Waals surface area contributed by atoms with Gasteiger partial charge >= 0.3 is 0 Å². The van der Waals surface area contributed by atoms with E-state index in [0.29, 0.717) is 50.5 Å². The van der Waals surface area contributed by atoms with Crippen LogP contribution in [0.15, 0.2) is 83.8 Å². The Morgan fingerprint density at radius 1 is 1.10 bits per heavy atom. The molecule has 1 heterocycles. The smallest absolute Gasteiger partial charge is 0.217 e. The highest BCUT2D eigenvalue weighted by Crippen LogP contribution is 2.35. The molecule has 0 radical (unpaired) electrons. The molecule has 0 bridgehead atoms. The summed E-state index contributed by atoms with van der Waals surface area (Å²) in [7, 11) is 1.88. The van der Waals surface area contributed by atoms with Crippen LogP contribution in [0.25, 0.3) is 5.57 Å². The van der Waals surface area contributed by atoms with Gasteiger partial charge in [-0.2, -0.15) is 0 Å². The van der Waals surface area contributed by atoms with Gasteiger partial charge in [-0.3, -0.25) is 9.59 Å². The lowest BCUT2D eigenvalue weighted by Gasteiger charge is -2.39. The van der Waals surface area contributed by atoms with Crippen molar-refractivity contribution in [3.05, 3.63) is 89.3 Å². The van der Waals surface area contributed by atoms with Crippen molar-refractivity contribution < 1.29 is 14.3 Å². The lowest BCUT2D eigenvalue weighted by molar-refractivity contribution is -0.119. The second kappa shape index (κ2) is 15.2. The van der Waals surface area contributed by atoms with Crippen molar-refractivity contribution in [2.75, 3.05) is 33.4 Å². The van der Waals surface area contributed by atoms with E-state index >= 15 is 0 Å². The number of carbonyl (C=O) groups is 2. The molecule has 5 N–H and O–H groups in total. The fourth-order valence-electron chi connectivity index (χ4n) is 5.87. The van der Waals surface area contributed by atoms with E-state index in [1.54, 1.807) is 0 Å². The summed E-state index contributed by atoms with van der Waals surface area (Å²) in [6, 6.07) is 10.5. The largest absolute Gasteiger partial charge is 0.392 e. The molecule has 1 saturated heterocycles. The van der Waals surface area contributed by atoms with Crippen LogP contribution >= 0.6 is 0 Å². The molecule has 3 atom stereocenters. The third-order valence-electron chi connectivity index (χ3n) is 8.67. The van der Waals surface area contributed by atoms with Crippen molar-refractivity contribution in [3.63, 3.8) is 0 Å². The summed E-state index contributed by atoms with van der Waals surface area (Å²) in [5.41, 5.74) is 11.9. The fourth-order valence-corrected chi connectivity index (χ4v) is 5.87. The molecule has 1 aromatic carbocycles. The van der Waals surface area contributed by atoms with Gasteiger partial charge in [-0.15, -0.1) is 0 Å². The molecule has 0 spiro atoms. The first-order chi connectivity index (χ1) is 20.3. The van der Waals surface area contributed by atoms with Gasteiger partial charge in [-0.25, -0.2) is 0 Å². The summed E-state index contributed by atoms with van der Waals surface area (Å²) in [6.07, 6.45) is 18.4. The number of amides is 1. The van der Waals surface area contributed by atoms with Crippen LogP contribution in [0.4, 0.5) is 0 Å². The Labute approximate surface area is 251 Å². The van der Waals surface area contributed by atoms with E-state index in [1.807, 2.05) is 19.3 Å². The summed E-state index contributed by atoms with van der Waals surface area (Å²) >= 11 is 0. The number of Topliss-reactive ketones (excluding diaryl/α,β-unsaturated/α-hetero) is 1. The van der Waals surface area contributed by atoms with Crippen molar-refractivity contribution in [1.29, 1.82) is 0 Å². The highest BCUT2D eigenvalue weighted by Gasteiger charge is 2.37. The number of ether oxygens (including phenoxy) is 1. The number of hydrogen-bond acceptors (Lipinski definition) is 6. The van der Waals surface area contributed by atoms with Gasteiger partial charge in [0, 0.05) is 33.1 Å². The maximum Gasteiger partial charge on any atom is 0.217 e. The molecule has 1 aromatic rings. The Balaban J connectivity index is 1.40. The zero-order valence-corrected chi connectivity index (χ0v) is 25.5. The number of nitrogens with one attached hydrogen (secondary N) is 3. The number of allylic oxidation sites excluding steroid dienone is 5. The molecular weight excluding hydrogens is 524 g/mol. The standard InChI is InChI=1S/C35H48N4O3/c1-25-9-15-32(35(36)23-42-24-35)16-14-30(25)18-31(29-7-5-4-6-8-29)19-33(21-37-3)39-22-34(41)17-27-10-12-28(13-11-27)20-38-26(2)40/h4-8,12,14-16,19,21,25,27,30,37,39H,9-11,13,17-18,20,22-24,36H2,1-3H3,(H,38,40)/b31-19+,33-21+. The van der Waals surface area contributed by atoms with E-state index in [9.17, 15) is 9.59 Å². The molecule has 7 nitrogen and oxygen atoms in total. The molecule has 42 heavy (non-hydrogen) atoms. The van der Waals surface area contributed by atoms with Crippen molar-refractivity contribution in [2.45, 2.75) is 57.9 Å². The van der Waals surface area contributed by atoms with Crippen molar-refractivity contribution in [1.82, 2.24) is 16.0 Å². The number of nitrogens with two attached hydrogens (primary N) is 1. The molecular formula is C35H48N4O3. The molecule has 7 heteroatoms. The molecule has 226 valence electrons. The molecule has 4 rings (SSSR count). The average Bonchev–Trinajstić information content (AvgIpc) is 3.15. The van der Waals surface area contributed by atoms with E-state index in [2.05, 4.69) is 77.5 Å². The number of rotatable bonds is 13. The first-order valence-electron chi connectivity index (χ1n) is 15.3. The third-order valence-corrected chi connectivity index (χ3v) is 8.67. The molecule has 3 unspecified atom stereocenters. The van der Waals surface area contributed by atoms with Crippen molar-refractivity contribution in [2.24, 2.45) is 23.5 Å². The van der Waals surface area contributed by atoms with Gasteiger partial charge in [-0.05, 0) is 72.6 Å². The van der Waals surface area contributed by atoms with Crippen LogP contribution < -0.4 is 21.7 Å². The summed E-state index contributed by atoms with van der Waals surface area (Å²) in [5.74, 6) is 1.37. The SMILES string of the molecule is CN/C=C(\C=C(/CC1C=CC(C2(N)COC2)=CCC1C)c1ccccc1)NCC(=O)CC1CC=C(CNC(C)=O)CC1. The van der Waals surface area contributed by atoms with Crippen LogP contribution in [-0.2, 0) is 14.3 Å². The molecule has 1 fully saturated rings. The molecule has 3 aliphatic rings. The Morgan fingerprint density at radius 2 is 1.88 bits per heavy atom. The third kappa shape index (κ3) is 9.04. The topological polar surface area (TPSA) is 105 Å². The predicted octanol–water partition coefficient (Wildman–Crippen LogP) is 4.80. The number of ketones is 1. The van der Waals surface area contributed by atoms with Gasteiger partial charge in [0.15, 0.2) is 5.78 Å². The van der Waals surface area contributed by atoms with Gasteiger partial charge in [0.25, 0.3) is 0 Å². The van der Waals surface area contributed by atoms with Crippen LogP contribution in [0.5, 0.6) is 0 Å². The fraction of sp³-hybridized carbons (Fsp3) is 0.486. The maximum atomic E-state index is 13.0. The van der Waals surface area contributed by atoms with Crippen molar-refractivity contribution in [3.8, 4) is 0 Å². The van der Waals surface area contributed by atoms with E-state index in [-0.39, 0.29) is 17.2 Å². The minimum atomic E-state index is -0.356. The minimum Gasteiger partial charge on any atom is -0.392 e. The highest BCUT2D eigenvalue weighted by molar-refractivity contribution is 5.81. The second-order valence-electron chi connectivity index (χ2n) is 12.2. The lowest BCUT2D eigenvalue weighted by Crippen LogP contribution is -2.58. The van der Waals surface area contributed by atoms with E-state index in [1.165, 1.54) is 29.2 Å². The highest BCUT2D eigenvalue weighted by atomic mass is 16.5. The molecule has 0 saturated carbocycles. The second-order valence-corrected chi connectivity index (χ2v) is 12.2. The Bertz CT molecular complexity index is 1240. The minimum absolute atomic E-state index is 0.00969. The molecule has 1 amide bonds. The van der Waals surface area contributed by atoms with E-state index < -0.39 is 0 Å². The maximum absolute atomic E-state index is 13.0. The first kappa shape index (κ1) is 31.5. The zero-order chi connectivity index (χ0) is 30.0. The quantitative estimate of drug-likeness (QED) is 0.200. The van der Waals surface area contributed by atoms with Crippen molar-refractivity contribution >= 4 is 17.3 Å². The van der Waals surface area contributed by atoms with Gasteiger partial charge in [0.05, 0.1) is 31.0 Å². The summed E-state index contributed by atoms with van der Waals surface area (Å²) in [5, 5.41) is 9.42. The van der Waals surface area contributed by atoms with Gasteiger partial charge in [-0.1, -0.05) is 67.1 Å². The normalized spacial score (nSPS) is 24.0. The van der Waals surface area contributed by atoms with Gasteiger partial charge in [0.2, 0.25) is 5.91 Å². The van der Waals surface area contributed by atoms with Crippen LogP contribution in [0, 0.1) is 17.8 Å². The summed E-state index contributed by atoms with van der Waals surface area (Å²) < 4.78 is 5.41. The van der Waals surface area contributed by atoms with Crippen LogP contribution in [0.1, 0.15) is 57.9 Å². The lowest BCUT2D eigenvalue weighted by atomic mass is 9.84. The van der Waals surface area contributed by atoms with E-state index in [4.69, 9.17) is 10.5 Å². The molecule has 1 aliphatic heterocycles. The Kier molecular flexibility index (Phi) is 11.4. The average molecular weight is 573 g/mol. The zero-order valence-electron chi connectivity index (χ0n) is 25.5. The van der Waals surface area contributed by atoms with Crippen LogP contribution in [0.2, 0.25) is 0 Å². The van der Waals surface area contributed by atoms with Gasteiger partial charge < -0.3 is 26.4 Å². The predicted molar refractivity (Wildman–Crippen MR) is 170 cm³/mol. The number of benzene rings is 1.